The van der Waals surface area contributed by atoms with Crippen molar-refractivity contribution in [2.75, 3.05) is 6.54 Å². The van der Waals surface area contributed by atoms with E-state index in [2.05, 4.69) is 51.4 Å². The minimum Gasteiger partial charge on any atom is -0.330 e. The fourth-order valence-corrected chi connectivity index (χ4v) is 2.61. The van der Waals surface area contributed by atoms with Crippen LogP contribution in [0.3, 0.4) is 0 Å². The van der Waals surface area contributed by atoms with Crippen molar-refractivity contribution in [3.63, 3.8) is 0 Å². The molecule has 94 valence electrons. The maximum Gasteiger partial charge on any atom is 0.110 e. The Hall–Kier alpha value is -1.61. The van der Waals surface area contributed by atoms with Crippen LogP contribution in [0.1, 0.15) is 24.2 Å². The van der Waals surface area contributed by atoms with Gasteiger partial charge in [-0.3, -0.25) is 0 Å². The second kappa shape index (κ2) is 5.36. The monoisotopic (exact) mass is 241 g/mol. The van der Waals surface area contributed by atoms with Crippen LogP contribution in [-0.2, 0) is 13.0 Å². The quantitative estimate of drug-likeness (QED) is 0.889. The van der Waals surface area contributed by atoms with Crippen molar-refractivity contribution < 1.29 is 0 Å². The number of hydrogen-bond acceptors (Lipinski definition) is 2. The lowest BCUT2D eigenvalue weighted by Gasteiger charge is -2.12. The smallest absolute Gasteiger partial charge is 0.110 e. The van der Waals surface area contributed by atoms with Crippen molar-refractivity contribution >= 4 is 0 Å². The average molecular weight is 241 g/mol. The Morgan fingerprint density at radius 3 is 2.94 bits per heavy atom. The lowest BCUT2D eigenvalue weighted by Crippen LogP contribution is -2.25. The number of rotatable bonds is 4. The Bertz CT molecular complexity index is 483. The first kappa shape index (κ1) is 11.5. The van der Waals surface area contributed by atoms with Gasteiger partial charge in [-0.25, -0.2) is 4.98 Å². The summed E-state index contributed by atoms with van der Waals surface area (Å²) in [7, 11) is 0. The molecule has 0 aliphatic carbocycles. The molecule has 3 rings (SSSR count). The molecule has 2 heterocycles. The fraction of sp³-hybridized carbons (Fsp3) is 0.400. The van der Waals surface area contributed by atoms with Gasteiger partial charge in [0.05, 0.1) is 0 Å². The summed E-state index contributed by atoms with van der Waals surface area (Å²) in [5, 5.41) is 3.53. The number of hydrogen-bond donors (Lipinski definition) is 1. The number of benzene rings is 1. The van der Waals surface area contributed by atoms with Gasteiger partial charge in [0.25, 0.3) is 0 Å². The first-order chi connectivity index (χ1) is 8.92. The molecule has 1 unspecified atom stereocenters. The normalized spacial score (nSPS) is 19.2. The van der Waals surface area contributed by atoms with E-state index in [1.165, 1.54) is 24.2 Å². The minimum absolute atomic E-state index is 0.613. The molecule has 0 saturated carbocycles. The highest BCUT2D eigenvalue weighted by Gasteiger charge is 2.16. The van der Waals surface area contributed by atoms with Crippen LogP contribution < -0.4 is 5.32 Å². The van der Waals surface area contributed by atoms with E-state index in [9.17, 15) is 0 Å². The van der Waals surface area contributed by atoms with Crippen molar-refractivity contribution in [3.05, 3.63) is 54.1 Å². The van der Waals surface area contributed by atoms with E-state index in [1.807, 2.05) is 6.20 Å². The third kappa shape index (κ3) is 2.62. The fourth-order valence-electron chi connectivity index (χ4n) is 2.61. The Labute approximate surface area is 108 Å². The lowest BCUT2D eigenvalue weighted by molar-refractivity contribution is 0.565. The van der Waals surface area contributed by atoms with Crippen LogP contribution in [0.15, 0.2) is 42.7 Å². The second-order valence-electron chi connectivity index (χ2n) is 4.95. The van der Waals surface area contributed by atoms with Crippen LogP contribution in [0, 0.1) is 0 Å². The predicted molar refractivity (Wildman–Crippen MR) is 72.5 cm³/mol. The topological polar surface area (TPSA) is 29.9 Å². The largest absolute Gasteiger partial charge is 0.330 e. The SMILES string of the molecule is c1ccc(Cn2ccnc2CC2CCCN2)cc1. The van der Waals surface area contributed by atoms with E-state index < -0.39 is 0 Å². The number of imidazole rings is 1. The first-order valence-corrected chi connectivity index (χ1v) is 6.69. The molecule has 1 atom stereocenters. The molecule has 2 aromatic rings. The third-order valence-electron chi connectivity index (χ3n) is 3.59. The molecule has 0 spiro atoms. The second-order valence-corrected chi connectivity index (χ2v) is 4.95. The Balaban J connectivity index is 1.71. The summed E-state index contributed by atoms with van der Waals surface area (Å²) in [4.78, 5) is 4.50. The highest BCUT2D eigenvalue weighted by molar-refractivity contribution is 5.16. The molecule has 0 bridgehead atoms. The van der Waals surface area contributed by atoms with Gasteiger partial charge < -0.3 is 9.88 Å². The minimum atomic E-state index is 0.613. The zero-order valence-corrected chi connectivity index (χ0v) is 10.5. The van der Waals surface area contributed by atoms with Crippen LogP contribution in [-0.4, -0.2) is 22.1 Å². The molecule has 0 amide bonds. The van der Waals surface area contributed by atoms with Crippen LogP contribution in [0.4, 0.5) is 0 Å². The molecular formula is C15H19N3. The highest BCUT2D eigenvalue weighted by atomic mass is 15.1. The molecule has 1 N–H and O–H groups in total. The van der Waals surface area contributed by atoms with E-state index >= 15 is 0 Å². The number of aromatic nitrogens is 2. The van der Waals surface area contributed by atoms with Gasteiger partial charge in [-0.1, -0.05) is 30.3 Å². The van der Waals surface area contributed by atoms with Crippen LogP contribution in [0.25, 0.3) is 0 Å². The van der Waals surface area contributed by atoms with Gasteiger partial charge in [-0.2, -0.15) is 0 Å². The summed E-state index contributed by atoms with van der Waals surface area (Å²) in [6, 6.07) is 11.2. The van der Waals surface area contributed by atoms with Crippen molar-refractivity contribution in [1.82, 2.24) is 14.9 Å². The molecule has 1 saturated heterocycles. The summed E-state index contributed by atoms with van der Waals surface area (Å²) < 4.78 is 2.26. The van der Waals surface area contributed by atoms with Crippen LogP contribution in [0.2, 0.25) is 0 Å². The molecule has 3 nitrogen and oxygen atoms in total. The molecule has 3 heteroatoms. The Morgan fingerprint density at radius 1 is 1.28 bits per heavy atom. The molecule has 18 heavy (non-hydrogen) atoms. The van der Waals surface area contributed by atoms with Gasteiger partial charge in [0.2, 0.25) is 0 Å². The zero-order valence-electron chi connectivity index (χ0n) is 10.5. The summed E-state index contributed by atoms with van der Waals surface area (Å²) >= 11 is 0. The van der Waals surface area contributed by atoms with Gasteiger partial charge in [0.1, 0.15) is 5.82 Å². The molecule has 0 radical (unpaired) electrons. The third-order valence-corrected chi connectivity index (χ3v) is 3.59. The summed E-state index contributed by atoms with van der Waals surface area (Å²) in [5.74, 6) is 1.19. The van der Waals surface area contributed by atoms with Crippen LogP contribution >= 0.6 is 0 Å². The van der Waals surface area contributed by atoms with E-state index in [0.717, 1.165) is 19.5 Å². The molecule has 1 aliphatic heterocycles. The summed E-state index contributed by atoms with van der Waals surface area (Å²) in [6.07, 6.45) is 7.60. The summed E-state index contributed by atoms with van der Waals surface area (Å²) in [6.45, 7) is 2.08. The van der Waals surface area contributed by atoms with Crippen LogP contribution in [0.5, 0.6) is 0 Å². The summed E-state index contributed by atoms with van der Waals surface area (Å²) in [5.41, 5.74) is 1.33. The maximum absolute atomic E-state index is 4.50. The Kier molecular flexibility index (Phi) is 3.42. The maximum atomic E-state index is 4.50. The zero-order chi connectivity index (χ0) is 12.2. The molecule has 1 aliphatic rings. The number of nitrogens with zero attached hydrogens (tertiary/aromatic N) is 2. The Morgan fingerprint density at radius 2 is 2.17 bits per heavy atom. The van der Waals surface area contributed by atoms with E-state index in [4.69, 9.17) is 0 Å². The molecule has 1 aromatic heterocycles. The predicted octanol–water partition coefficient (Wildman–Crippen LogP) is 2.23. The van der Waals surface area contributed by atoms with Crippen molar-refractivity contribution in [1.29, 1.82) is 0 Å². The highest BCUT2D eigenvalue weighted by Crippen LogP contribution is 2.12. The van der Waals surface area contributed by atoms with Gasteiger partial charge >= 0.3 is 0 Å². The molecule has 1 aromatic carbocycles. The van der Waals surface area contributed by atoms with E-state index in [1.54, 1.807) is 0 Å². The van der Waals surface area contributed by atoms with Crippen molar-refractivity contribution in [2.45, 2.75) is 31.8 Å². The molecular weight excluding hydrogens is 222 g/mol. The van der Waals surface area contributed by atoms with E-state index in [0.29, 0.717) is 6.04 Å². The van der Waals surface area contributed by atoms with Crippen molar-refractivity contribution in [2.24, 2.45) is 0 Å². The number of nitrogens with one attached hydrogen (secondary N) is 1. The lowest BCUT2D eigenvalue weighted by atomic mass is 10.1. The first-order valence-electron chi connectivity index (χ1n) is 6.69. The van der Waals surface area contributed by atoms with Gasteiger partial charge in [-0.15, -0.1) is 0 Å². The van der Waals surface area contributed by atoms with Crippen molar-refractivity contribution in [3.8, 4) is 0 Å². The standard InChI is InChI=1S/C15H19N3/c1-2-5-13(6-3-1)12-18-10-9-17-15(18)11-14-7-4-8-16-14/h1-3,5-6,9-10,14,16H,4,7-8,11-12H2. The van der Waals surface area contributed by atoms with Gasteiger partial charge in [0.15, 0.2) is 0 Å². The van der Waals surface area contributed by atoms with E-state index in [-0.39, 0.29) is 0 Å². The van der Waals surface area contributed by atoms with Gasteiger partial charge in [-0.05, 0) is 24.9 Å². The molecule has 1 fully saturated rings. The van der Waals surface area contributed by atoms with Gasteiger partial charge in [0, 0.05) is 31.4 Å². The average Bonchev–Trinajstić information content (AvgIpc) is 3.04.